The van der Waals surface area contributed by atoms with Crippen LogP contribution in [-0.4, -0.2) is 28.3 Å². The summed E-state index contributed by atoms with van der Waals surface area (Å²) in [5, 5.41) is 11.9. The van der Waals surface area contributed by atoms with Gasteiger partial charge in [-0.05, 0) is 24.3 Å². The molecule has 122 valence electrons. The third kappa shape index (κ3) is 3.32. The van der Waals surface area contributed by atoms with Gasteiger partial charge in [0.05, 0.1) is 30.4 Å². The molecule has 0 bridgehead atoms. The number of anilines is 2. The van der Waals surface area contributed by atoms with Crippen molar-refractivity contribution in [2.75, 3.05) is 17.7 Å². The number of rotatable bonds is 4. The fourth-order valence-electron chi connectivity index (χ4n) is 2.14. The number of H-pyrrole nitrogens is 1. The van der Waals surface area contributed by atoms with E-state index < -0.39 is 11.8 Å². The van der Waals surface area contributed by atoms with E-state index in [1.165, 1.54) is 31.5 Å². The summed E-state index contributed by atoms with van der Waals surface area (Å²) in [7, 11) is 1.44. The van der Waals surface area contributed by atoms with Gasteiger partial charge in [0.2, 0.25) is 0 Å². The zero-order valence-electron chi connectivity index (χ0n) is 12.7. The molecule has 0 radical (unpaired) electrons. The number of carbonyl (C=O) groups is 1. The number of nitrogens with zero attached hydrogens (tertiary/aromatic N) is 2. The van der Waals surface area contributed by atoms with E-state index in [1.807, 2.05) is 6.07 Å². The standard InChI is InChI=1S/C16H14FN5O2/c1-24-14-6-5-10(17)8-12(14)20-16(23)21-13-9-19-22-15(13)11-4-2-3-7-18-11/h2-9H,1H3,(H,19,22)(H2,20,21,23). The number of nitrogens with one attached hydrogen (secondary N) is 3. The van der Waals surface area contributed by atoms with Gasteiger partial charge in [-0.1, -0.05) is 6.07 Å². The topological polar surface area (TPSA) is 91.9 Å². The molecular formula is C16H14FN5O2. The Balaban J connectivity index is 1.77. The van der Waals surface area contributed by atoms with E-state index >= 15 is 0 Å². The zero-order chi connectivity index (χ0) is 16.9. The lowest BCUT2D eigenvalue weighted by atomic mass is 10.2. The summed E-state index contributed by atoms with van der Waals surface area (Å²) in [6.07, 6.45) is 3.10. The molecule has 24 heavy (non-hydrogen) atoms. The number of aromatic nitrogens is 3. The first-order valence-corrected chi connectivity index (χ1v) is 7.03. The van der Waals surface area contributed by atoms with Gasteiger partial charge in [0.15, 0.2) is 0 Å². The minimum atomic E-state index is -0.558. The third-order valence-corrected chi connectivity index (χ3v) is 3.22. The largest absolute Gasteiger partial charge is 0.495 e. The van der Waals surface area contributed by atoms with E-state index in [0.717, 1.165) is 0 Å². The molecule has 3 aromatic rings. The lowest BCUT2D eigenvalue weighted by Crippen LogP contribution is -2.20. The summed E-state index contributed by atoms with van der Waals surface area (Å²) >= 11 is 0. The number of aromatic amines is 1. The predicted molar refractivity (Wildman–Crippen MR) is 87.4 cm³/mol. The number of amides is 2. The SMILES string of the molecule is COc1ccc(F)cc1NC(=O)Nc1cn[nH]c1-c1ccccn1. The van der Waals surface area contributed by atoms with E-state index in [-0.39, 0.29) is 5.69 Å². The molecule has 0 aliphatic heterocycles. The fraction of sp³-hybridized carbons (Fsp3) is 0.0625. The Morgan fingerprint density at radius 3 is 2.79 bits per heavy atom. The Morgan fingerprint density at radius 1 is 1.21 bits per heavy atom. The normalized spacial score (nSPS) is 10.2. The first-order chi connectivity index (χ1) is 11.7. The summed E-state index contributed by atoms with van der Waals surface area (Å²) < 4.78 is 18.4. The van der Waals surface area contributed by atoms with Crippen LogP contribution < -0.4 is 15.4 Å². The van der Waals surface area contributed by atoms with Crippen LogP contribution in [0.4, 0.5) is 20.6 Å². The van der Waals surface area contributed by atoms with E-state index in [9.17, 15) is 9.18 Å². The van der Waals surface area contributed by atoms with E-state index in [4.69, 9.17) is 4.74 Å². The van der Waals surface area contributed by atoms with Gasteiger partial charge in [0.25, 0.3) is 0 Å². The van der Waals surface area contributed by atoms with E-state index in [2.05, 4.69) is 25.8 Å². The lowest BCUT2D eigenvalue weighted by molar-refractivity contribution is 0.262. The molecular weight excluding hydrogens is 313 g/mol. The Morgan fingerprint density at radius 2 is 2.04 bits per heavy atom. The maximum absolute atomic E-state index is 13.3. The van der Waals surface area contributed by atoms with Crippen LogP contribution in [0.3, 0.4) is 0 Å². The van der Waals surface area contributed by atoms with Gasteiger partial charge in [-0.15, -0.1) is 0 Å². The molecule has 0 saturated heterocycles. The number of ether oxygens (including phenoxy) is 1. The molecule has 0 atom stereocenters. The van der Waals surface area contributed by atoms with Crippen molar-refractivity contribution in [1.82, 2.24) is 15.2 Å². The van der Waals surface area contributed by atoms with Gasteiger partial charge in [0.1, 0.15) is 17.3 Å². The first kappa shape index (κ1) is 15.5. The molecule has 2 aromatic heterocycles. The van der Waals surface area contributed by atoms with Gasteiger partial charge in [0, 0.05) is 12.3 Å². The van der Waals surface area contributed by atoms with Crippen LogP contribution in [-0.2, 0) is 0 Å². The van der Waals surface area contributed by atoms with Gasteiger partial charge >= 0.3 is 6.03 Å². The van der Waals surface area contributed by atoms with Crippen molar-refractivity contribution >= 4 is 17.4 Å². The van der Waals surface area contributed by atoms with Crippen molar-refractivity contribution in [3.63, 3.8) is 0 Å². The molecule has 0 fully saturated rings. The Kier molecular flexibility index (Phi) is 4.37. The highest BCUT2D eigenvalue weighted by atomic mass is 19.1. The van der Waals surface area contributed by atoms with E-state index in [1.54, 1.807) is 18.3 Å². The number of methoxy groups -OCH3 is 1. The summed E-state index contributed by atoms with van der Waals surface area (Å²) in [6, 6.07) is 8.69. The molecule has 0 saturated carbocycles. The molecule has 1 aromatic carbocycles. The molecule has 7 nitrogen and oxygen atoms in total. The number of hydrogen-bond donors (Lipinski definition) is 3. The highest BCUT2D eigenvalue weighted by molar-refractivity contribution is 6.02. The average Bonchev–Trinajstić information content (AvgIpc) is 3.04. The average molecular weight is 327 g/mol. The molecule has 3 N–H and O–H groups in total. The van der Waals surface area contributed by atoms with Crippen LogP contribution in [0.1, 0.15) is 0 Å². The van der Waals surface area contributed by atoms with Gasteiger partial charge in [-0.2, -0.15) is 5.10 Å². The van der Waals surface area contributed by atoms with E-state index in [0.29, 0.717) is 22.8 Å². The first-order valence-electron chi connectivity index (χ1n) is 7.03. The van der Waals surface area contributed by atoms with Crippen molar-refractivity contribution in [2.24, 2.45) is 0 Å². The summed E-state index contributed by atoms with van der Waals surface area (Å²) in [5.41, 5.74) is 1.87. The minimum Gasteiger partial charge on any atom is -0.495 e. The van der Waals surface area contributed by atoms with Crippen LogP contribution in [0.5, 0.6) is 5.75 Å². The summed E-state index contributed by atoms with van der Waals surface area (Å²) in [4.78, 5) is 16.4. The molecule has 8 heteroatoms. The zero-order valence-corrected chi connectivity index (χ0v) is 12.7. The van der Waals surface area contributed by atoms with Crippen molar-refractivity contribution < 1.29 is 13.9 Å². The number of carbonyl (C=O) groups excluding carboxylic acids is 1. The second kappa shape index (κ2) is 6.78. The number of benzene rings is 1. The molecule has 0 aliphatic rings. The summed E-state index contributed by atoms with van der Waals surface area (Å²) in [6.45, 7) is 0. The second-order valence-corrected chi connectivity index (χ2v) is 4.80. The smallest absolute Gasteiger partial charge is 0.323 e. The van der Waals surface area contributed by atoms with Crippen molar-refractivity contribution in [3.8, 4) is 17.1 Å². The van der Waals surface area contributed by atoms with Crippen molar-refractivity contribution in [2.45, 2.75) is 0 Å². The monoisotopic (exact) mass is 327 g/mol. The van der Waals surface area contributed by atoms with Gasteiger partial charge in [-0.25, -0.2) is 9.18 Å². The highest BCUT2D eigenvalue weighted by Crippen LogP contribution is 2.26. The van der Waals surface area contributed by atoms with Crippen LogP contribution in [0.15, 0.2) is 48.8 Å². The molecule has 2 amide bonds. The van der Waals surface area contributed by atoms with Gasteiger partial charge < -0.3 is 15.4 Å². The fourth-order valence-corrected chi connectivity index (χ4v) is 2.14. The second-order valence-electron chi connectivity index (χ2n) is 4.80. The molecule has 0 aliphatic carbocycles. The Labute approximate surface area is 136 Å². The Hall–Kier alpha value is -3.42. The quantitative estimate of drug-likeness (QED) is 0.686. The van der Waals surface area contributed by atoms with Crippen molar-refractivity contribution in [1.29, 1.82) is 0 Å². The van der Waals surface area contributed by atoms with Crippen LogP contribution in [0.25, 0.3) is 11.4 Å². The summed E-state index contributed by atoms with van der Waals surface area (Å²) in [5.74, 6) is -0.132. The van der Waals surface area contributed by atoms with Crippen LogP contribution in [0, 0.1) is 5.82 Å². The molecule has 3 rings (SSSR count). The maximum atomic E-state index is 13.3. The van der Waals surface area contributed by atoms with Crippen molar-refractivity contribution in [3.05, 3.63) is 54.6 Å². The number of pyridine rings is 1. The molecule has 0 spiro atoms. The molecule has 2 heterocycles. The van der Waals surface area contributed by atoms with Crippen LogP contribution >= 0.6 is 0 Å². The minimum absolute atomic E-state index is 0.220. The molecule has 0 unspecified atom stereocenters. The number of halogens is 1. The Bertz CT molecular complexity index is 851. The maximum Gasteiger partial charge on any atom is 0.323 e. The number of hydrogen-bond acceptors (Lipinski definition) is 4. The highest BCUT2D eigenvalue weighted by Gasteiger charge is 2.13. The third-order valence-electron chi connectivity index (χ3n) is 3.22. The van der Waals surface area contributed by atoms with Gasteiger partial charge in [-0.3, -0.25) is 10.1 Å². The predicted octanol–water partition coefficient (Wildman–Crippen LogP) is 3.26. The van der Waals surface area contributed by atoms with Crippen LogP contribution in [0.2, 0.25) is 0 Å². The lowest BCUT2D eigenvalue weighted by Gasteiger charge is -2.11. The number of urea groups is 1.